The monoisotopic (exact) mass is 325 g/mol. The molecule has 0 saturated carbocycles. The summed E-state index contributed by atoms with van der Waals surface area (Å²) < 4.78 is 8.50. The Labute approximate surface area is 122 Å². The Morgan fingerprint density at radius 1 is 1.42 bits per heavy atom. The maximum atomic E-state index is 5.68. The van der Waals surface area contributed by atoms with Crippen LogP contribution in [0.5, 0.6) is 0 Å². The van der Waals surface area contributed by atoms with Gasteiger partial charge < -0.3 is 9.73 Å². The minimum absolute atomic E-state index is 0.178. The van der Waals surface area contributed by atoms with E-state index in [9.17, 15) is 0 Å². The molecule has 1 N–H and O–H groups in total. The molecule has 0 bridgehead atoms. The summed E-state index contributed by atoms with van der Waals surface area (Å²) in [6.45, 7) is 8.04. The van der Waals surface area contributed by atoms with E-state index in [1.807, 2.05) is 19.1 Å². The molecule has 0 aliphatic rings. The van der Waals surface area contributed by atoms with Crippen molar-refractivity contribution >= 4 is 15.9 Å². The van der Waals surface area contributed by atoms with Crippen LogP contribution in [-0.4, -0.2) is 16.3 Å². The van der Waals surface area contributed by atoms with Crippen LogP contribution in [0.4, 0.5) is 0 Å². The number of hydrogen-bond acceptors (Lipinski definition) is 3. The van der Waals surface area contributed by atoms with Gasteiger partial charge in [-0.3, -0.25) is 4.68 Å². The number of hydrogen-bond donors (Lipinski definition) is 1. The third kappa shape index (κ3) is 3.48. The van der Waals surface area contributed by atoms with Gasteiger partial charge in [0.15, 0.2) is 4.67 Å². The molecule has 1 unspecified atom stereocenters. The van der Waals surface area contributed by atoms with E-state index < -0.39 is 0 Å². The fourth-order valence-corrected chi connectivity index (χ4v) is 2.60. The smallest absolute Gasteiger partial charge is 0.169 e. The van der Waals surface area contributed by atoms with Crippen molar-refractivity contribution in [3.63, 3.8) is 0 Å². The average molecular weight is 326 g/mol. The van der Waals surface area contributed by atoms with E-state index in [-0.39, 0.29) is 6.04 Å². The maximum absolute atomic E-state index is 5.68. The number of rotatable bonds is 6. The molecule has 0 spiro atoms. The molecule has 0 radical (unpaired) electrons. The van der Waals surface area contributed by atoms with Crippen molar-refractivity contribution in [2.45, 2.75) is 39.8 Å². The van der Waals surface area contributed by atoms with Gasteiger partial charge in [0.05, 0.1) is 11.7 Å². The number of aryl methyl sites for hydroxylation is 2. The molecule has 0 aliphatic heterocycles. The molecule has 2 aromatic rings. The largest absolute Gasteiger partial charge is 0.453 e. The fourth-order valence-electron chi connectivity index (χ4n) is 2.28. The predicted molar refractivity (Wildman–Crippen MR) is 79.2 cm³/mol. The highest BCUT2D eigenvalue weighted by atomic mass is 79.9. The first-order chi connectivity index (χ1) is 9.13. The molecular weight excluding hydrogens is 306 g/mol. The lowest BCUT2D eigenvalue weighted by molar-refractivity contribution is 0.398. The van der Waals surface area contributed by atoms with Crippen molar-refractivity contribution in [3.8, 4) is 0 Å². The maximum Gasteiger partial charge on any atom is 0.169 e. The Morgan fingerprint density at radius 3 is 2.79 bits per heavy atom. The van der Waals surface area contributed by atoms with Gasteiger partial charge in [0, 0.05) is 18.7 Å². The topological polar surface area (TPSA) is 43.0 Å². The summed E-state index contributed by atoms with van der Waals surface area (Å²) in [4.78, 5) is 0. The number of likely N-dealkylation sites (N-methyl/N-ethyl adjacent to an activating group) is 1. The molecule has 2 aromatic heterocycles. The molecule has 5 heteroatoms. The SMILES string of the molecule is CCNC(Cc1cc(C)nn1CC)c1ccc(Br)o1. The van der Waals surface area contributed by atoms with Gasteiger partial charge in [-0.1, -0.05) is 6.92 Å². The van der Waals surface area contributed by atoms with E-state index in [1.54, 1.807) is 0 Å². The third-order valence-corrected chi connectivity index (χ3v) is 3.51. The zero-order chi connectivity index (χ0) is 13.8. The molecule has 1 atom stereocenters. The van der Waals surface area contributed by atoms with Crippen LogP contribution in [0.3, 0.4) is 0 Å². The zero-order valence-corrected chi connectivity index (χ0v) is 13.2. The lowest BCUT2D eigenvalue weighted by Crippen LogP contribution is -2.23. The van der Waals surface area contributed by atoms with Gasteiger partial charge in [-0.25, -0.2) is 0 Å². The number of nitrogens with one attached hydrogen (secondary N) is 1. The van der Waals surface area contributed by atoms with Crippen LogP contribution in [0.25, 0.3) is 0 Å². The molecule has 0 amide bonds. The first-order valence-corrected chi connectivity index (χ1v) is 7.45. The first kappa shape index (κ1) is 14.3. The molecule has 0 saturated heterocycles. The lowest BCUT2D eigenvalue weighted by Gasteiger charge is -2.16. The molecule has 19 heavy (non-hydrogen) atoms. The lowest BCUT2D eigenvalue weighted by atomic mass is 10.1. The van der Waals surface area contributed by atoms with Gasteiger partial charge in [0.1, 0.15) is 5.76 Å². The third-order valence-electron chi connectivity index (χ3n) is 3.09. The van der Waals surface area contributed by atoms with Crippen LogP contribution in [0.1, 0.15) is 37.0 Å². The van der Waals surface area contributed by atoms with Crippen molar-refractivity contribution in [3.05, 3.63) is 40.0 Å². The molecular formula is C14H20BrN3O. The summed E-state index contributed by atoms with van der Waals surface area (Å²) in [6.07, 6.45) is 0.877. The van der Waals surface area contributed by atoms with Gasteiger partial charge >= 0.3 is 0 Å². The van der Waals surface area contributed by atoms with Crippen molar-refractivity contribution in [1.29, 1.82) is 0 Å². The summed E-state index contributed by atoms with van der Waals surface area (Å²) in [5, 5.41) is 7.96. The normalized spacial score (nSPS) is 12.8. The zero-order valence-electron chi connectivity index (χ0n) is 11.6. The summed E-state index contributed by atoms with van der Waals surface area (Å²) in [5.41, 5.74) is 2.30. The second-order valence-corrected chi connectivity index (χ2v) is 5.33. The van der Waals surface area contributed by atoms with Crippen LogP contribution in [0.15, 0.2) is 27.3 Å². The molecule has 104 valence electrons. The van der Waals surface area contributed by atoms with Gasteiger partial charge in [-0.2, -0.15) is 5.10 Å². The first-order valence-electron chi connectivity index (χ1n) is 6.66. The van der Waals surface area contributed by atoms with Gasteiger partial charge in [-0.05, 0) is 54.5 Å². The van der Waals surface area contributed by atoms with E-state index in [0.29, 0.717) is 0 Å². The van der Waals surface area contributed by atoms with E-state index in [1.165, 1.54) is 5.69 Å². The second kappa shape index (κ2) is 6.39. The van der Waals surface area contributed by atoms with E-state index >= 15 is 0 Å². The number of nitrogens with zero attached hydrogens (tertiary/aromatic N) is 2. The highest BCUT2D eigenvalue weighted by molar-refractivity contribution is 9.10. The van der Waals surface area contributed by atoms with Crippen LogP contribution in [-0.2, 0) is 13.0 Å². The van der Waals surface area contributed by atoms with Crippen LogP contribution in [0, 0.1) is 6.92 Å². The summed E-state index contributed by atoms with van der Waals surface area (Å²) >= 11 is 3.36. The summed E-state index contributed by atoms with van der Waals surface area (Å²) in [6, 6.07) is 6.27. The van der Waals surface area contributed by atoms with E-state index in [0.717, 1.165) is 35.6 Å². The minimum Gasteiger partial charge on any atom is -0.453 e. The Kier molecular flexibility index (Phi) is 4.82. The van der Waals surface area contributed by atoms with Crippen LogP contribution >= 0.6 is 15.9 Å². The number of furan rings is 1. The van der Waals surface area contributed by atoms with Crippen LogP contribution in [0.2, 0.25) is 0 Å². The van der Waals surface area contributed by atoms with Gasteiger partial charge in [-0.15, -0.1) is 0 Å². The second-order valence-electron chi connectivity index (χ2n) is 4.55. The van der Waals surface area contributed by atoms with Gasteiger partial charge in [0.25, 0.3) is 0 Å². The van der Waals surface area contributed by atoms with Crippen molar-refractivity contribution < 1.29 is 4.42 Å². The molecule has 0 aromatic carbocycles. The quantitative estimate of drug-likeness (QED) is 0.884. The fraction of sp³-hybridized carbons (Fsp3) is 0.500. The Morgan fingerprint density at radius 2 is 2.21 bits per heavy atom. The Hall–Kier alpha value is -1.07. The molecule has 0 fully saturated rings. The number of aromatic nitrogens is 2. The summed E-state index contributed by atoms with van der Waals surface area (Å²) in [5.74, 6) is 0.954. The summed E-state index contributed by atoms with van der Waals surface area (Å²) in [7, 11) is 0. The molecule has 0 aliphatic carbocycles. The predicted octanol–water partition coefficient (Wildman–Crippen LogP) is 3.46. The van der Waals surface area contributed by atoms with Crippen LogP contribution < -0.4 is 5.32 Å². The Balaban J connectivity index is 2.20. The molecule has 2 rings (SSSR count). The van der Waals surface area contributed by atoms with Gasteiger partial charge in [0.2, 0.25) is 0 Å². The van der Waals surface area contributed by atoms with E-state index in [2.05, 4.69) is 50.9 Å². The minimum atomic E-state index is 0.178. The highest BCUT2D eigenvalue weighted by Gasteiger charge is 2.17. The highest BCUT2D eigenvalue weighted by Crippen LogP contribution is 2.23. The molecule has 2 heterocycles. The van der Waals surface area contributed by atoms with Crippen molar-refractivity contribution in [2.75, 3.05) is 6.54 Å². The Bertz CT molecular complexity index is 533. The van der Waals surface area contributed by atoms with E-state index in [4.69, 9.17) is 4.42 Å². The van der Waals surface area contributed by atoms with Crippen molar-refractivity contribution in [2.24, 2.45) is 0 Å². The number of halogens is 1. The van der Waals surface area contributed by atoms with Crippen molar-refractivity contribution in [1.82, 2.24) is 15.1 Å². The average Bonchev–Trinajstić information content (AvgIpc) is 2.95. The molecule has 4 nitrogen and oxygen atoms in total. The standard InChI is InChI=1S/C14H20BrN3O/c1-4-16-12(13-6-7-14(15)19-13)9-11-8-10(3)17-18(11)5-2/h6-8,12,16H,4-5,9H2,1-3H3.